The number of aliphatic hydroxyl groups is 1. The van der Waals surface area contributed by atoms with Gasteiger partial charge in [0.2, 0.25) is 5.91 Å². The molecule has 3 N–H and O–H groups in total. The number of epoxide rings is 1. The highest BCUT2D eigenvalue weighted by molar-refractivity contribution is 6.33. The number of fused-ring (bicyclic) bond motifs is 5. The molecule has 3 aliphatic heterocycles. The topological polar surface area (TPSA) is 113 Å². The molecule has 3 aromatic carbocycles. The molecule has 2 bridgehead atoms. The molecule has 9 nitrogen and oxygen atoms in total. The van der Waals surface area contributed by atoms with E-state index in [0.717, 1.165) is 29.5 Å². The molecule has 3 aromatic rings. The summed E-state index contributed by atoms with van der Waals surface area (Å²) in [6.07, 6.45) is 3.14. The number of hydrogen-bond donors (Lipinski definition) is 3. The fraction of sp³-hybridized carbons (Fsp3) is 0.394. The molecule has 3 aliphatic rings. The first kappa shape index (κ1) is 29.4. The molecule has 6 rings (SSSR count). The van der Waals surface area contributed by atoms with Crippen molar-refractivity contribution >= 4 is 35.0 Å². The molecule has 1 unspecified atom stereocenters. The average Bonchev–Trinajstić information content (AvgIpc) is 3.77. The van der Waals surface area contributed by atoms with Gasteiger partial charge >= 0.3 is 6.09 Å². The standard InChI is InChI=1S/C33H36ClN3O6/c1-37-27-15-22(16-28(37)32-31(27)43-32)42-33(40)36-25-12-11-19(13-23(25)20-8-4-3-5-9-20)7-6-10-30(39)35-26-17-29(41-2)21(18-38)14-24(26)34/h3-5,8-9,11-14,17,22,27-28,31-32,38H,6-7,10,15-16,18H2,1-2H3,(H,35,39)(H,36,40)/t22?,27-,28-,31-,32+/m0/s1. The molecule has 3 heterocycles. The summed E-state index contributed by atoms with van der Waals surface area (Å²) in [4.78, 5) is 28.1. The molecule has 226 valence electrons. The molecule has 0 radical (unpaired) electrons. The minimum Gasteiger partial charge on any atom is -0.496 e. The zero-order valence-corrected chi connectivity index (χ0v) is 25.0. The van der Waals surface area contributed by atoms with Gasteiger partial charge in [0.05, 0.1) is 30.1 Å². The maximum absolute atomic E-state index is 13.0. The van der Waals surface area contributed by atoms with E-state index in [9.17, 15) is 14.7 Å². The number of rotatable bonds is 10. The minimum atomic E-state index is -0.451. The lowest BCUT2D eigenvalue weighted by Crippen LogP contribution is -2.48. The van der Waals surface area contributed by atoms with Crippen LogP contribution in [0.3, 0.4) is 0 Å². The van der Waals surface area contributed by atoms with E-state index in [1.54, 1.807) is 12.1 Å². The number of likely N-dealkylation sites (N-methyl/N-ethyl adjacent to an activating group) is 1. The van der Waals surface area contributed by atoms with E-state index in [2.05, 4.69) is 28.6 Å². The highest BCUT2D eigenvalue weighted by atomic mass is 35.5. The van der Waals surface area contributed by atoms with E-state index >= 15 is 0 Å². The van der Waals surface area contributed by atoms with Crippen molar-refractivity contribution in [3.63, 3.8) is 0 Å². The number of nitrogens with one attached hydrogen (secondary N) is 2. The Labute approximate surface area is 256 Å². The summed E-state index contributed by atoms with van der Waals surface area (Å²) in [5.41, 5.74) is 4.57. The van der Waals surface area contributed by atoms with E-state index in [0.29, 0.717) is 59.1 Å². The molecule has 2 amide bonds. The lowest BCUT2D eigenvalue weighted by molar-refractivity contribution is -0.116. The summed E-state index contributed by atoms with van der Waals surface area (Å²) in [6, 6.07) is 19.6. The lowest BCUT2D eigenvalue weighted by atomic mass is 9.98. The number of halogens is 1. The lowest BCUT2D eigenvalue weighted by Gasteiger charge is -2.37. The Balaban J connectivity index is 1.07. The maximum atomic E-state index is 13.0. The summed E-state index contributed by atoms with van der Waals surface area (Å²) in [5, 5.41) is 15.6. The number of methoxy groups -OCH3 is 1. The molecule has 5 atom stereocenters. The quantitative estimate of drug-likeness (QED) is 0.257. The van der Waals surface area contributed by atoms with Gasteiger partial charge in [-0.05, 0) is 49.2 Å². The van der Waals surface area contributed by atoms with Crippen LogP contribution in [0.15, 0.2) is 60.7 Å². The van der Waals surface area contributed by atoms with Gasteiger partial charge in [-0.25, -0.2) is 4.79 Å². The van der Waals surface area contributed by atoms with Crippen LogP contribution in [-0.2, 0) is 27.3 Å². The SMILES string of the molecule is COc1cc(NC(=O)CCCc2ccc(NC(=O)OC3C[C@H]4[C@@H]5O[C@@H]5[C@H](C3)N4C)c(-c3ccccc3)c2)c(Cl)cc1CO. The monoisotopic (exact) mass is 605 g/mol. The Morgan fingerprint density at radius 1 is 1.02 bits per heavy atom. The number of benzene rings is 3. The molecule has 3 fully saturated rings. The molecule has 0 saturated carbocycles. The third kappa shape index (κ3) is 6.35. The van der Waals surface area contributed by atoms with E-state index in [1.807, 2.05) is 42.5 Å². The van der Waals surface area contributed by atoms with Gasteiger partial charge in [0, 0.05) is 48.5 Å². The fourth-order valence-electron chi connectivity index (χ4n) is 6.47. The van der Waals surface area contributed by atoms with E-state index in [-0.39, 0.29) is 30.8 Å². The van der Waals surface area contributed by atoms with Crippen molar-refractivity contribution in [2.24, 2.45) is 0 Å². The van der Waals surface area contributed by atoms with Crippen molar-refractivity contribution < 1.29 is 28.9 Å². The second-order valence-corrected chi connectivity index (χ2v) is 11.8. The predicted molar refractivity (Wildman–Crippen MR) is 164 cm³/mol. The number of hydrogen-bond acceptors (Lipinski definition) is 7. The molecule has 0 aliphatic carbocycles. The number of ether oxygens (including phenoxy) is 3. The Bertz CT molecular complexity index is 1480. The van der Waals surface area contributed by atoms with Crippen LogP contribution < -0.4 is 15.4 Å². The zero-order valence-electron chi connectivity index (χ0n) is 24.2. The van der Waals surface area contributed by atoms with Gasteiger partial charge in [-0.3, -0.25) is 15.0 Å². The molecular formula is C33H36ClN3O6. The van der Waals surface area contributed by atoms with Crippen LogP contribution in [0.5, 0.6) is 5.75 Å². The van der Waals surface area contributed by atoms with Gasteiger partial charge in [-0.1, -0.05) is 48.0 Å². The van der Waals surface area contributed by atoms with E-state index in [4.69, 9.17) is 25.8 Å². The summed E-state index contributed by atoms with van der Waals surface area (Å²) >= 11 is 6.29. The summed E-state index contributed by atoms with van der Waals surface area (Å²) in [5.74, 6) is 0.286. The Morgan fingerprint density at radius 3 is 2.47 bits per heavy atom. The summed E-state index contributed by atoms with van der Waals surface area (Å²) < 4.78 is 16.9. The fourth-order valence-corrected chi connectivity index (χ4v) is 6.70. The van der Waals surface area contributed by atoms with Gasteiger partial charge < -0.3 is 24.6 Å². The first-order valence-electron chi connectivity index (χ1n) is 14.6. The molecule has 43 heavy (non-hydrogen) atoms. The number of anilines is 2. The summed E-state index contributed by atoms with van der Waals surface area (Å²) in [6.45, 7) is -0.215. The van der Waals surface area contributed by atoms with Gasteiger partial charge in [-0.2, -0.15) is 0 Å². The third-order valence-electron chi connectivity index (χ3n) is 8.74. The Kier molecular flexibility index (Phi) is 8.59. The van der Waals surface area contributed by atoms with Crippen molar-refractivity contribution in [3.8, 4) is 16.9 Å². The number of aryl methyl sites for hydroxylation is 1. The van der Waals surface area contributed by atoms with Crippen molar-refractivity contribution in [3.05, 3.63) is 76.8 Å². The van der Waals surface area contributed by atoms with Crippen LogP contribution in [-0.4, -0.2) is 66.6 Å². The van der Waals surface area contributed by atoms with Gasteiger partial charge in [0.1, 0.15) is 24.1 Å². The van der Waals surface area contributed by atoms with E-state index in [1.165, 1.54) is 7.11 Å². The smallest absolute Gasteiger partial charge is 0.411 e. The van der Waals surface area contributed by atoms with Crippen LogP contribution in [0.2, 0.25) is 5.02 Å². The van der Waals surface area contributed by atoms with Crippen LogP contribution in [0.4, 0.5) is 16.2 Å². The largest absolute Gasteiger partial charge is 0.496 e. The van der Waals surface area contributed by atoms with E-state index < -0.39 is 6.09 Å². The number of piperidine rings is 1. The normalized spacial score (nSPS) is 23.8. The number of amides is 2. The highest BCUT2D eigenvalue weighted by Gasteiger charge is 2.62. The number of nitrogens with zero attached hydrogens (tertiary/aromatic N) is 1. The van der Waals surface area contributed by atoms with Gasteiger partial charge in [-0.15, -0.1) is 0 Å². The van der Waals surface area contributed by atoms with Crippen molar-refractivity contribution in [1.82, 2.24) is 4.90 Å². The summed E-state index contributed by atoms with van der Waals surface area (Å²) in [7, 11) is 3.63. The van der Waals surface area contributed by atoms with Crippen LogP contribution in [0.25, 0.3) is 11.1 Å². The van der Waals surface area contributed by atoms with Gasteiger partial charge in [0.15, 0.2) is 0 Å². The first-order valence-corrected chi connectivity index (χ1v) is 15.0. The molecule has 10 heteroatoms. The van der Waals surface area contributed by atoms with Crippen LogP contribution >= 0.6 is 11.6 Å². The zero-order chi connectivity index (χ0) is 30.1. The number of morpholine rings is 1. The highest BCUT2D eigenvalue weighted by Crippen LogP contribution is 2.48. The molecule has 0 aromatic heterocycles. The first-order chi connectivity index (χ1) is 20.8. The average molecular weight is 606 g/mol. The number of carbonyl (C=O) groups excluding carboxylic acids is 2. The third-order valence-corrected chi connectivity index (χ3v) is 9.05. The molecule has 0 spiro atoms. The van der Waals surface area contributed by atoms with Crippen LogP contribution in [0, 0.1) is 0 Å². The van der Waals surface area contributed by atoms with Crippen LogP contribution in [0.1, 0.15) is 36.8 Å². The second kappa shape index (κ2) is 12.5. The second-order valence-electron chi connectivity index (χ2n) is 11.4. The van der Waals surface area contributed by atoms with Crippen molar-refractivity contribution in [1.29, 1.82) is 0 Å². The predicted octanol–water partition coefficient (Wildman–Crippen LogP) is 5.63. The minimum absolute atomic E-state index is 0.128. The Hall–Kier alpha value is -3.63. The maximum Gasteiger partial charge on any atom is 0.411 e. The van der Waals surface area contributed by atoms with Crippen molar-refractivity contribution in [2.45, 2.75) is 69.1 Å². The number of aliphatic hydroxyl groups excluding tert-OH is 1. The molecular weight excluding hydrogens is 570 g/mol. The Morgan fingerprint density at radius 2 is 1.77 bits per heavy atom. The van der Waals surface area contributed by atoms with Gasteiger partial charge in [0.25, 0.3) is 0 Å². The van der Waals surface area contributed by atoms with Crippen molar-refractivity contribution in [2.75, 3.05) is 24.8 Å². The number of carbonyl (C=O) groups is 2. The molecule has 3 saturated heterocycles.